The maximum absolute atomic E-state index is 11.8. The maximum Gasteiger partial charge on any atom is 0.219 e. The fourth-order valence-electron chi connectivity index (χ4n) is 6.24. The molecule has 54 heavy (non-hydrogen) atoms. The molecule has 1 aliphatic heterocycles. The number of benzene rings is 4. The highest BCUT2D eigenvalue weighted by Gasteiger charge is 2.22. The third kappa shape index (κ3) is 10.8. The number of halogens is 2. The quantitative estimate of drug-likeness (QED) is 0.0727. The first-order chi connectivity index (χ1) is 26.2. The number of nitrogens with zero attached hydrogens (tertiary/aromatic N) is 3. The van der Waals surface area contributed by atoms with Crippen molar-refractivity contribution in [3.8, 4) is 28.9 Å². The van der Waals surface area contributed by atoms with E-state index in [0.717, 1.165) is 79.3 Å². The Kier molecular flexibility index (Phi) is 13.5. The van der Waals surface area contributed by atoms with E-state index in [-0.39, 0.29) is 6.10 Å². The van der Waals surface area contributed by atoms with Crippen molar-refractivity contribution >= 4 is 35.2 Å². The molecule has 1 saturated heterocycles. The van der Waals surface area contributed by atoms with Crippen LogP contribution < -0.4 is 18.9 Å². The van der Waals surface area contributed by atoms with E-state index >= 15 is 0 Å². The molecule has 0 amide bonds. The molecule has 1 fully saturated rings. The molecule has 280 valence electrons. The van der Waals surface area contributed by atoms with Gasteiger partial charge in [-0.2, -0.15) is 0 Å². The molecule has 0 aliphatic carbocycles. The number of ether oxygens (including phenoxy) is 4. The van der Waals surface area contributed by atoms with Crippen LogP contribution in [0.2, 0.25) is 10.0 Å². The smallest absolute Gasteiger partial charge is 0.219 e. The van der Waals surface area contributed by atoms with Crippen molar-refractivity contribution < 1.29 is 23.7 Å². The molecule has 6 rings (SSSR count). The summed E-state index contributed by atoms with van der Waals surface area (Å²) in [6.45, 7) is 11.1. The molecular weight excluding hydrogens is 721 g/mol. The first-order valence-corrected chi connectivity index (χ1v) is 18.9. The van der Waals surface area contributed by atoms with Crippen molar-refractivity contribution in [3.63, 3.8) is 0 Å². The van der Waals surface area contributed by atoms with Gasteiger partial charge in [0.15, 0.2) is 5.75 Å². The zero-order valence-corrected chi connectivity index (χ0v) is 32.4. The van der Waals surface area contributed by atoms with E-state index in [0.29, 0.717) is 40.6 Å². The number of rotatable bonds is 16. The standard InChI is InChI=1S/C44H45Cl2N3O5/c1-31(2)53-38-14-12-37(13-15-38)51-25-19-33-8-10-34(11-9-33)29-48-20-22-49(23-21-48)42(18-24-50)36-26-32(3)44(41(46)27-36)54-43-17-16-39(28-47-43)52-30-35-6-4-5-7-40(35)45/h4-18,24,26-28,31H,19-23,25,29-30H2,1-3H3/b42-18+. The molecular formula is C44H45Cl2N3O5. The van der Waals surface area contributed by atoms with Gasteiger partial charge in [-0.05, 0) is 91.6 Å². The third-order valence-corrected chi connectivity index (χ3v) is 9.67. The van der Waals surface area contributed by atoms with Gasteiger partial charge in [-0.25, -0.2) is 4.98 Å². The summed E-state index contributed by atoms with van der Waals surface area (Å²) in [5.74, 6) is 3.17. The predicted molar refractivity (Wildman–Crippen MR) is 215 cm³/mol. The molecule has 4 aromatic carbocycles. The van der Waals surface area contributed by atoms with Crippen molar-refractivity contribution in [1.82, 2.24) is 14.8 Å². The van der Waals surface area contributed by atoms with E-state index in [1.165, 1.54) is 11.1 Å². The van der Waals surface area contributed by atoms with Gasteiger partial charge in [-0.3, -0.25) is 9.69 Å². The zero-order chi connectivity index (χ0) is 37.9. The summed E-state index contributed by atoms with van der Waals surface area (Å²) < 4.78 is 23.6. The van der Waals surface area contributed by atoms with Crippen molar-refractivity contribution in [3.05, 3.63) is 147 Å². The molecule has 0 saturated carbocycles. The predicted octanol–water partition coefficient (Wildman–Crippen LogP) is 9.83. The molecule has 0 bridgehead atoms. The molecule has 0 unspecified atom stereocenters. The minimum Gasteiger partial charge on any atom is -0.493 e. The highest BCUT2D eigenvalue weighted by molar-refractivity contribution is 6.32. The van der Waals surface area contributed by atoms with Crippen molar-refractivity contribution in [1.29, 1.82) is 0 Å². The van der Waals surface area contributed by atoms with Crippen LogP contribution in [-0.4, -0.2) is 60.0 Å². The summed E-state index contributed by atoms with van der Waals surface area (Å²) in [4.78, 5) is 20.9. The fourth-order valence-corrected chi connectivity index (χ4v) is 6.74. The Morgan fingerprint density at radius 1 is 0.815 bits per heavy atom. The second-order valence-electron chi connectivity index (χ2n) is 13.4. The normalized spacial score (nSPS) is 13.5. The largest absolute Gasteiger partial charge is 0.493 e. The maximum atomic E-state index is 11.8. The van der Waals surface area contributed by atoms with E-state index in [1.807, 2.05) is 81.4 Å². The Bertz CT molecular complexity index is 1990. The van der Waals surface area contributed by atoms with Gasteiger partial charge in [0.25, 0.3) is 0 Å². The van der Waals surface area contributed by atoms with E-state index in [1.54, 1.807) is 24.4 Å². The topological polar surface area (TPSA) is 73.4 Å². The summed E-state index contributed by atoms with van der Waals surface area (Å²) in [6, 6.07) is 31.5. The summed E-state index contributed by atoms with van der Waals surface area (Å²) >= 11 is 13.0. The lowest BCUT2D eigenvalue weighted by atomic mass is 10.1. The van der Waals surface area contributed by atoms with E-state index in [2.05, 4.69) is 39.0 Å². The first-order valence-electron chi connectivity index (χ1n) is 18.1. The Balaban J connectivity index is 0.982. The number of pyridine rings is 1. The number of hydrogen-bond acceptors (Lipinski definition) is 8. The summed E-state index contributed by atoms with van der Waals surface area (Å²) in [6.07, 6.45) is 5.03. The van der Waals surface area contributed by atoms with Gasteiger partial charge in [-0.15, -0.1) is 0 Å². The lowest BCUT2D eigenvalue weighted by Gasteiger charge is -2.37. The highest BCUT2D eigenvalue weighted by atomic mass is 35.5. The second-order valence-corrected chi connectivity index (χ2v) is 14.2. The number of piperazine rings is 1. The first kappa shape index (κ1) is 38.7. The number of aryl methyl sites for hydroxylation is 1. The Morgan fingerprint density at radius 2 is 1.52 bits per heavy atom. The molecule has 0 spiro atoms. The average Bonchev–Trinajstić information content (AvgIpc) is 3.17. The highest BCUT2D eigenvalue weighted by Crippen LogP contribution is 2.36. The fraction of sp³-hybridized carbons (Fsp3) is 0.273. The van der Waals surface area contributed by atoms with Gasteiger partial charge in [0.05, 0.1) is 23.9 Å². The van der Waals surface area contributed by atoms with Gasteiger partial charge in [-0.1, -0.05) is 65.7 Å². The molecule has 0 radical (unpaired) electrons. The second kappa shape index (κ2) is 18.8. The Morgan fingerprint density at radius 3 is 2.19 bits per heavy atom. The SMILES string of the molecule is Cc1cc(/C(=C\C=O)N2CCN(Cc3ccc(CCOc4ccc(OC(C)C)cc4)cc3)CC2)cc(Cl)c1Oc1ccc(OCc2ccccc2Cl)cn1. The van der Waals surface area contributed by atoms with Crippen molar-refractivity contribution in [2.75, 3.05) is 32.8 Å². The molecule has 2 heterocycles. The van der Waals surface area contributed by atoms with Crippen LogP contribution >= 0.6 is 23.2 Å². The molecule has 1 aliphatic rings. The van der Waals surface area contributed by atoms with E-state index in [9.17, 15) is 4.79 Å². The molecule has 8 nitrogen and oxygen atoms in total. The lowest BCUT2D eigenvalue weighted by molar-refractivity contribution is -0.104. The van der Waals surface area contributed by atoms with Crippen LogP contribution in [0.3, 0.4) is 0 Å². The summed E-state index contributed by atoms with van der Waals surface area (Å²) in [5.41, 5.74) is 5.92. The molecule has 5 aromatic rings. The number of aromatic nitrogens is 1. The minimum atomic E-state index is 0.146. The number of aldehydes is 1. The van der Waals surface area contributed by atoms with Crippen LogP contribution in [0, 0.1) is 6.92 Å². The Labute approximate surface area is 327 Å². The van der Waals surface area contributed by atoms with Crippen LogP contribution in [0.1, 0.15) is 41.7 Å². The molecule has 10 heteroatoms. The summed E-state index contributed by atoms with van der Waals surface area (Å²) in [7, 11) is 0. The van der Waals surface area contributed by atoms with Crippen LogP contribution in [0.15, 0.2) is 109 Å². The number of carbonyl (C=O) groups excluding carboxylic acids is 1. The van der Waals surface area contributed by atoms with Crippen LogP contribution in [0.25, 0.3) is 5.70 Å². The lowest BCUT2D eigenvalue weighted by Crippen LogP contribution is -2.45. The molecule has 1 aromatic heterocycles. The van der Waals surface area contributed by atoms with Gasteiger partial charge in [0.2, 0.25) is 5.88 Å². The molecule has 0 atom stereocenters. The summed E-state index contributed by atoms with van der Waals surface area (Å²) in [5, 5.41) is 1.08. The Hall–Kier alpha value is -5.02. The minimum absolute atomic E-state index is 0.146. The van der Waals surface area contributed by atoms with Gasteiger partial charge in [0.1, 0.15) is 30.1 Å². The van der Waals surface area contributed by atoms with Crippen LogP contribution in [0.4, 0.5) is 0 Å². The molecule has 0 N–H and O–H groups in total. The van der Waals surface area contributed by atoms with Gasteiger partial charge in [0, 0.05) is 67.6 Å². The van der Waals surface area contributed by atoms with Gasteiger partial charge >= 0.3 is 0 Å². The number of allylic oxidation sites excluding steroid dienone is 1. The zero-order valence-electron chi connectivity index (χ0n) is 30.8. The monoisotopic (exact) mass is 765 g/mol. The van der Waals surface area contributed by atoms with Crippen LogP contribution in [0.5, 0.6) is 28.9 Å². The van der Waals surface area contributed by atoms with E-state index < -0.39 is 0 Å². The average molecular weight is 767 g/mol. The third-order valence-electron chi connectivity index (χ3n) is 9.02. The van der Waals surface area contributed by atoms with Crippen molar-refractivity contribution in [2.24, 2.45) is 0 Å². The van der Waals surface area contributed by atoms with Crippen LogP contribution in [-0.2, 0) is 24.4 Å². The van der Waals surface area contributed by atoms with Gasteiger partial charge < -0.3 is 23.8 Å². The van der Waals surface area contributed by atoms with E-state index in [4.69, 9.17) is 42.1 Å². The van der Waals surface area contributed by atoms with Crippen molar-refractivity contribution in [2.45, 2.75) is 46.4 Å². The number of carbonyl (C=O) groups is 1. The number of hydrogen-bond donors (Lipinski definition) is 0.